The number of piperidine rings is 1. The Morgan fingerprint density at radius 2 is 1.85 bits per heavy atom. The third-order valence-corrected chi connectivity index (χ3v) is 7.82. The summed E-state index contributed by atoms with van der Waals surface area (Å²) in [6.07, 6.45) is 7.63. The summed E-state index contributed by atoms with van der Waals surface area (Å²) in [6, 6.07) is 9.89. The molecule has 3 aromatic heterocycles. The summed E-state index contributed by atoms with van der Waals surface area (Å²) in [6.45, 7) is 3.01. The number of nitrogens with one attached hydrogen (secondary N) is 2. The number of fused-ring (bicyclic) bond motifs is 2. The number of rotatable bonds is 5. The molecule has 1 aromatic carbocycles. The number of hydrogen-bond acceptors (Lipinski definition) is 8. The fourth-order valence-electron chi connectivity index (χ4n) is 5.56. The van der Waals surface area contributed by atoms with Gasteiger partial charge in [-0.25, -0.2) is 19.3 Å². The highest BCUT2D eigenvalue weighted by Gasteiger charge is 2.41. The number of aromatic amines is 1. The Kier molecular flexibility index (Phi) is 6.05. The predicted molar refractivity (Wildman–Crippen MR) is 145 cm³/mol. The van der Waals surface area contributed by atoms with Gasteiger partial charge in [-0.2, -0.15) is 0 Å². The number of carbonyl (C=O) groups is 1. The zero-order valence-corrected chi connectivity index (χ0v) is 21.9. The van der Waals surface area contributed by atoms with Gasteiger partial charge in [-0.15, -0.1) is 0 Å². The molecular formula is C29H28FN7O3. The van der Waals surface area contributed by atoms with Gasteiger partial charge < -0.3 is 24.7 Å². The van der Waals surface area contributed by atoms with E-state index in [-0.39, 0.29) is 31.0 Å². The molecule has 4 aliphatic heterocycles. The monoisotopic (exact) mass is 541 g/mol. The van der Waals surface area contributed by atoms with Crippen molar-refractivity contribution in [2.75, 3.05) is 30.0 Å². The second kappa shape index (κ2) is 9.76. The van der Waals surface area contributed by atoms with E-state index < -0.39 is 11.7 Å². The van der Waals surface area contributed by atoms with Crippen LogP contribution in [0, 0.1) is 11.2 Å². The molecule has 4 aromatic rings. The first-order valence-corrected chi connectivity index (χ1v) is 13.4. The van der Waals surface area contributed by atoms with Crippen LogP contribution in [0.25, 0.3) is 22.6 Å². The molecule has 2 bridgehead atoms. The fourth-order valence-corrected chi connectivity index (χ4v) is 5.56. The van der Waals surface area contributed by atoms with Gasteiger partial charge in [0.15, 0.2) is 5.82 Å². The Morgan fingerprint density at radius 1 is 1.07 bits per heavy atom. The molecule has 1 amide bonds. The summed E-state index contributed by atoms with van der Waals surface area (Å²) < 4.78 is 25.9. The number of anilines is 2. The quantitative estimate of drug-likeness (QED) is 0.370. The van der Waals surface area contributed by atoms with E-state index >= 15 is 0 Å². The van der Waals surface area contributed by atoms with Crippen LogP contribution in [-0.4, -0.2) is 50.6 Å². The molecule has 40 heavy (non-hydrogen) atoms. The van der Waals surface area contributed by atoms with E-state index in [9.17, 15) is 9.18 Å². The van der Waals surface area contributed by atoms with Gasteiger partial charge in [0.1, 0.15) is 5.82 Å². The molecule has 0 saturated carbocycles. The first-order valence-electron chi connectivity index (χ1n) is 13.4. The van der Waals surface area contributed by atoms with Crippen LogP contribution < -0.4 is 10.2 Å². The topological polar surface area (TPSA) is 118 Å². The second-order valence-electron chi connectivity index (χ2n) is 10.7. The zero-order valence-electron chi connectivity index (χ0n) is 21.9. The molecule has 2 fully saturated rings. The molecule has 1 atom stereocenters. The van der Waals surface area contributed by atoms with Crippen LogP contribution >= 0.6 is 0 Å². The minimum Gasteiger partial charge on any atom is -0.345 e. The Hall–Kier alpha value is -4.22. The average Bonchev–Trinajstić information content (AvgIpc) is 3.44. The summed E-state index contributed by atoms with van der Waals surface area (Å²) in [4.78, 5) is 37.0. The third kappa shape index (κ3) is 4.31. The molecule has 10 nitrogen and oxygen atoms in total. The predicted octanol–water partition coefficient (Wildman–Crippen LogP) is 4.80. The lowest BCUT2D eigenvalue weighted by Crippen LogP contribution is -2.45. The molecule has 0 aliphatic carbocycles. The molecule has 2 saturated heterocycles. The lowest BCUT2D eigenvalue weighted by atomic mass is 9.91. The number of H-pyrrole nitrogens is 1. The normalized spacial score (nSPS) is 23.6. The van der Waals surface area contributed by atoms with Crippen molar-refractivity contribution in [1.29, 1.82) is 0 Å². The van der Waals surface area contributed by atoms with E-state index in [0.717, 1.165) is 42.6 Å². The van der Waals surface area contributed by atoms with Gasteiger partial charge in [-0.05, 0) is 62.6 Å². The van der Waals surface area contributed by atoms with Crippen molar-refractivity contribution < 1.29 is 18.7 Å². The van der Waals surface area contributed by atoms with Crippen LogP contribution in [0.1, 0.15) is 49.9 Å². The van der Waals surface area contributed by atoms with Gasteiger partial charge >= 0.3 is 0 Å². The number of nitrogens with zero attached hydrogens (tertiary/aromatic N) is 5. The third-order valence-electron chi connectivity index (χ3n) is 7.82. The zero-order chi connectivity index (χ0) is 27.3. The highest BCUT2D eigenvalue weighted by atomic mass is 19.1. The van der Waals surface area contributed by atoms with Crippen LogP contribution in [0.5, 0.6) is 0 Å². The number of carbonyl (C=O) groups excluding carboxylic acids is 1. The summed E-state index contributed by atoms with van der Waals surface area (Å²) in [5.74, 6) is 0.630. The summed E-state index contributed by atoms with van der Waals surface area (Å²) in [5.41, 5.74) is 3.66. The minimum atomic E-state index is -0.894. The van der Waals surface area contributed by atoms with Crippen LogP contribution in [0.2, 0.25) is 0 Å². The van der Waals surface area contributed by atoms with Crippen molar-refractivity contribution in [1.82, 2.24) is 24.9 Å². The van der Waals surface area contributed by atoms with Crippen molar-refractivity contribution in [3.63, 3.8) is 0 Å². The van der Waals surface area contributed by atoms with Crippen LogP contribution in [0.4, 0.5) is 16.0 Å². The largest absolute Gasteiger partial charge is 0.345 e. The van der Waals surface area contributed by atoms with E-state index in [0.29, 0.717) is 28.8 Å². The Balaban J connectivity index is 1.19. The van der Waals surface area contributed by atoms with Crippen molar-refractivity contribution in [3.05, 3.63) is 72.2 Å². The number of aromatic nitrogens is 5. The van der Waals surface area contributed by atoms with Crippen molar-refractivity contribution in [2.45, 2.75) is 38.5 Å². The van der Waals surface area contributed by atoms with Gasteiger partial charge in [0.2, 0.25) is 18.1 Å². The SMILES string of the molecule is CC1(C(=O)Nc2ccncc2)COC(c2nc(-c3ccc(F)cc3)c(-c3nc4ncc3C3CCCCN43)[nH]2)OC1. The number of benzene rings is 1. The summed E-state index contributed by atoms with van der Waals surface area (Å²) in [7, 11) is 0. The molecule has 204 valence electrons. The van der Waals surface area contributed by atoms with Crippen LogP contribution in [-0.2, 0) is 14.3 Å². The smallest absolute Gasteiger partial charge is 0.235 e. The first-order chi connectivity index (χ1) is 19.5. The number of halogens is 1. The van der Waals surface area contributed by atoms with Gasteiger partial charge in [-0.3, -0.25) is 9.78 Å². The lowest BCUT2D eigenvalue weighted by molar-refractivity contribution is -0.229. The number of imidazole rings is 1. The van der Waals surface area contributed by atoms with Crippen molar-refractivity contribution in [3.8, 4) is 22.6 Å². The van der Waals surface area contributed by atoms with E-state index in [4.69, 9.17) is 19.4 Å². The number of ether oxygens (including phenoxy) is 2. The lowest BCUT2D eigenvalue weighted by Gasteiger charge is -2.40. The summed E-state index contributed by atoms with van der Waals surface area (Å²) >= 11 is 0. The molecule has 0 spiro atoms. The molecule has 4 aliphatic rings. The maximum atomic E-state index is 13.8. The van der Waals surface area contributed by atoms with Crippen molar-refractivity contribution >= 4 is 17.5 Å². The molecule has 1 unspecified atom stereocenters. The Bertz CT molecular complexity index is 1550. The average molecular weight is 542 g/mol. The fraction of sp³-hybridized carbons (Fsp3) is 0.345. The van der Waals surface area contributed by atoms with Crippen LogP contribution in [0.3, 0.4) is 0 Å². The molecule has 11 heteroatoms. The molecule has 8 rings (SSSR count). The van der Waals surface area contributed by atoms with Gasteiger partial charge in [0, 0.05) is 41.9 Å². The second-order valence-corrected chi connectivity index (χ2v) is 10.7. The maximum Gasteiger partial charge on any atom is 0.235 e. The molecular weight excluding hydrogens is 513 g/mol. The number of amides is 1. The van der Waals surface area contributed by atoms with E-state index in [1.165, 1.54) is 12.1 Å². The van der Waals surface area contributed by atoms with Gasteiger partial charge in [0.25, 0.3) is 0 Å². The van der Waals surface area contributed by atoms with E-state index in [1.807, 2.05) is 6.20 Å². The summed E-state index contributed by atoms with van der Waals surface area (Å²) in [5, 5.41) is 2.90. The van der Waals surface area contributed by atoms with Gasteiger partial charge in [-0.1, -0.05) is 0 Å². The Morgan fingerprint density at radius 3 is 2.62 bits per heavy atom. The molecule has 7 heterocycles. The van der Waals surface area contributed by atoms with E-state index in [2.05, 4.69) is 25.2 Å². The molecule has 2 N–H and O–H groups in total. The van der Waals surface area contributed by atoms with E-state index in [1.54, 1.807) is 43.6 Å². The highest BCUT2D eigenvalue weighted by molar-refractivity contribution is 5.95. The maximum absolute atomic E-state index is 13.8. The first kappa shape index (κ1) is 24.8. The van der Waals surface area contributed by atoms with Crippen molar-refractivity contribution in [2.24, 2.45) is 5.41 Å². The van der Waals surface area contributed by atoms with Gasteiger partial charge in [0.05, 0.1) is 41.8 Å². The number of pyridine rings is 1. The number of hydrogen-bond donors (Lipinski definition) is 2. The highest BCUT2D eigenvalue weighted by Crippen LogP contribution is 2.44. The Labute approximate surface area is 230 Å². The molecule has 0 radical (unpaired) electrons. The minimum absolute atomic E-state index is 0.135. The standard InChI is InChI=1S/C29H28FN7O3/c1-29(27(38)33-19-9-11-31-12-10-19)15-39-26(40-16-29)25-34-22(17-5-7-18(30)8-6-17)24(35-25)23-20-14-32-28(36-23)37-13-3-2-4-21(20)37/h5-12,14,21,26H,2-4,13,15-16H2,1H3,(H,34,35)(H,31,33,38). The van der Waals surface area contributed by atoms with Crippen LogP contribution in [0.15, 0.2) is 55.0 Å².